The lowest BCUT2D eigenvalue weighted by molar-refractivity contribution is 0.0739. The molecule has 0 aliphatic carbocycles. The molecule has 2 atom stereocenters. The van der Waals surface area contributed by atoms with Crippen LogP contribution in [0.3, 0.4) is 0 Å². The molecule has 1 aliphatic heterocycles. The van der Waals surface area contributed by atoms with Crippen LogP contribution in [0.4, 0.5) is 0 Å². The highest BCUT2D eigenvalue weighted by molar-refractivity contribution is 4.99. The molecule has 0 amide bonds. The molecule has 0 spiro atoms. The normalized spacial score (nSPS) is 31.2. The van der Waals surface area contributed by atoms with Gasteiger partial charge in [0.2, 0.25) is 0 Å². The van der Waals surface area contributed by atoms with Gasteiger partial charge >= 0.3 is 0 Å². The van der Waals surface area contributed by atoms with Gasteiger partial charge in [0.25, 0.3) is 0 Å². The highest BCUT2D eigenvalue weighted by atomic mass is 15.3. The zero-order valence-corrected chi connectivity index (χ0v) is 8.62. The van der Waals surface area contributed by atoms with Crippen molar-refractivity contribution in [1.29, 1.82) is 0 Å². The predicted molar refractivity (Wildman–Crippen MR) is 52.8 cm³/mol. The summed E-state index contributed by atoms with van der Waals surface area (Å²) in [6.45, 7) is 4.48. The molecule has 70 valence electrons. The maximum absolute atomic E-state index is 2.44. The van der Waals surface area contributed by atoms with Gasteiger partial charge in [-0.3, -0.25) is 4.90 Å². The Morgan fingerprint density at radius 3 is 2.33 bits per heavy atom. The number of nitrogens with zero attached hydrogens (tertiary/aromatic N) is 2. The zero-order chi connectivity index (χ0) is 9.14. The minimum absolute atomic E-state index is 0.583. The Morgan fingerprint density at radius 1 is 1.17 bits per heavy atom. The van der Waals surface area contributed by atoms with Gasteiger partial charge in [-0.1, -0.05) is 19.9 Å². The van der Waals surface area contributed by atoms with Gasteiger partial charge in [0, 0.05) is 13.1 Å². The molecule has 0 saturated carbocycles. The predicted octanol–water partition coefficient (Wildman–Crippen LogP) is 1.89. The lowest BCUT2D eigenvalue weighted by Gasteiger charge is -2.41. The minimum Gasteiger partial charge on any atom is -0.365 e. The second-order valence-electron chi connectivity index (χ2n) is 3.54. The van der Waals surface area contributed by atoms with Crippen molar-refractivity contribution in [1.82, 2.24) is 9.80 Å². The first kappa shape index (κ1) is 9.59. The maximum atomic E-state index is 2.44. The van der Waals surface area contributed by atoms with E-state index in [2.05, 4.69) is 50.0 Å². The van der Waals surface area contributed by atoms with E-state index in [1.54, 1.807) is 0 Å². The van der Waals surface area contributed by atoms with Gasteiger partial charge in [0.05, 0.1) is 6.17 Å². The van der Waals surface area contributed by atoms with Crippen LogP contribution < -0.4 is 0 Å². The summed E-state index contributed by atoms with van der Waals surface area (Å²) in [5.41, 5.74) is 0. The molecule has 0 fully saturated rings. The smallest absolute Gasteiger partial charge is 0.0811 e. The van der Waals surface area contributed by atoms with Crippen LogP contribution in [0.25, 0.3) is 0 Å². The molecule has 2 unspecified atom stereocenters. The first-order chi connectivity index (χ1) is 5.70. The quantitative estimate of drug-likeness (QED) is 0.621. The van der Waals surface area contributed by atoms with Crippen molar-refractivity contribution in [2.45, 2.75) is 38.9 Å². The Morgan fingerprint density at radius 2 is 1.83 bits per heavy atom. The largest absolute Gasteiger partial charge is 0.365 e. The van der Waals surface area contributed by atoms with Crippen molar-refractivity contribution in [3.8, 4) is 0 Å². The van der Waals surface area contributed by atoms with E-state index in [1.807, 2.05) is 0 Å². The van der Waals surface area contributed by atoms with E-state index in [4.69, 9.17) is 0 Å². The fourth-order valence-corrected chi connectivity index (χ4v) is 1.98. The Balaban J connectivity index is 2.70. The van der Waals surface area contributed by atoms with Crippen molar-refractivity contribution in [3.63, 3.8) is 0 Å². The number of rotatable bonds is 2. The summed E-state index contributed by atoms with van der Waals surface area (Å²) in [5, 5.41) is 0. The van der Waals surface area contributed by atoms with E-state index in [0.717, 1.165) is 0 Å². The highest BCUT2D eigenvalue weighted by Crippen LogP contribution is 2.18. The number of likely N-dealkylation sites (N-methyl/N-ethyl adjacent to an activating group) is 1. The third kappa shape index (κ3) is 1.63. The van der Waals surface area contributed by atoms with E-state index in [9.17, 15) is 0 Å². The summed E-state index contributed by atoms with van der Waals surface area (Å²) in [6.07, 6.45) is 7.47. The molecule has 1 rings (SSSR count). The molecule has 1 aliphatic rings. The molecule has 0 N–H and O–H groups in total. The topological polar surface area (TPSA) is 6.48 Å². The molecule has 2 heteroatoms. The molecule has 12 heavy (non-hydrogen) atoms. The van der Waals surface area contributed by atoms with Crippen molar-refractivity contribution in [2.24, 2.45) is 0 Å². The summed E-state index contributed by atoms with van der Waals surface area (Å²) in [5.74, 6) is 0. The maximum Gasteiger partial charge on any atom is 0.0811 e. The van der Waals surface area contributed by atoms with Crippen LogP contribution in [0.15, 0.2) is 12.3 Å². The third-order valence-corrected chi connectivity index (χ3v) is 2.79. The Kier molecular flexibility index (Phi) is 3.15. The standard InChI is InChI=1S/C10H20N2/c1-5-9-7-8-11(3)10(6-2)12(9)4/h7-10H,5-6H2,1-4H3. The summed E-state index contributed by atoms with van der Waals surface area (Å²) >= 11 is 0. The summed E-state index contributed by atoms with van der Waals surface area (Å²) in [7, 11) is 4.36. The Bertz CT molecular complexity index is 165. The second kappa shape index (κ2) is 3.94. The molecular weight excluding hydrogens is 148 g/mol. The molecule has 0 saturated heterocycles. The van der Waals surface area contributed by atoms with Crippen LogP contribution in [0.2, 0.25) is 0 Å². The van der Waals surface area contributed by atoms with Crippen LogP contribution in [-0.4, -0.2) is 36.1 Å². The molecule has 1 heterocycles. The summed E-state index contributed by atoms with van der Waals surface area (Å²) < 4.78 is 0. The van der Waals surface area contributed by atoms with E-state index in [-0.39, 0.29) is 0 Å². The van der Waals surface area contributed by atoms with E-state index >= 15 is 0 Å². The number of hydrogen-bond acceptors (Lipinski definition) is 2. The molecule has 2 nitrogen and oxygen atoms in total. The Hall–Kier alpha value is -0.500. The average molecular weight is 168 g/mol. The fraction of sp³-hybridized carbons (Fsp3) is 0.800. The molecular formula is C10H20N2. The highest BCUT2D eigenvalue weighted by Gasteiger charge is 2.24. The minimum atomic E-state index is 0.583. The molecule has 0 radical (unpaired) electrons. The first-order valence-electron chi connectivity index (χ1n) is 4.82. The van der Waals surface area contributed by atoms with Gasteiger partial charge < -0.3 is 4.90 Å². The summed E-state index contributed by atoms with van der Waals surface area (Å²) in [6, 6.07) is 0.631. The van der Waals surface area contributed by atoms with E-state index < -0.39 is 0 Å². The molecule has 0 aromatic rings. The van der Waals surface area contributed by atoms with Crippen LogP contribution in [-0.2, 0) is 0 Å². The fourth-order valence-electron chi connectivity index (χ4n) is 1.98. The lowest BCUT2D eigenvalue weighted by Crippen LogP contribution is -2.49. The number of hydrogen-bond donors (Lipinski definition) is 0. The van der Waals surface area contributed by atoms with Crippen LogP contribution in [0.1, 0.15) is 26.7 Å². The lowest BCUT2D eigenvalue weighted by atomic mass is 10.1. The SMILES string of the molecule is CCC1C=CN(C)C(CC)N1C. The van der Waals surface area contributed by atoms with Crippen LogP contribution >= 0.6 is 0 Å². The molecule has 0 bridgehead atoms. The van der Waals surface area contributed by atoms with Crippen molar-refractivity contribution in [2.75, 3.05) is 14.1 Å². The van der Waals surface area contributed by atoms with Gasteiger partial charge in [0.1, 0.15) is 0 Å². The first-order valence-corrected chi connectivity index (χ1v) is 4.82. The monoisotopic (exact) mass is 168 g/mol. The van der Waals surface area contributed by atoms with E-state index in [1.165, 1.54) is 12.8 Å². The van der Waals surface area contributed by atoms with Gasteiger partial charge in [-0.15, -0.1) is 0 Å². The Labute approximate surface area is 75.8 Å². The van der Waals surface area contributed by atoms with Crippen LogP contribution in [0, 0.1) is 0 Å². The van der Waals surface area contributed by atoms with Gasteiger partial charge in [0.15, 0.2) is 0 Å². The summed E-state index contributed by atoms with van der Waals surface area (Å²) in [4.78, 5) is 4.73. The second-order valence-corrected chi connectivity index (χ2v) is 3.54. The van der Waals surface area contributed by atoms with Gasteiger partial charge in [-0.05, 0) is 26.1 Å². The zero-order valence-electron chi connectivity index (χ0n) is 8.62. The molecule has 0 aromatic carbocycles. The third-order valence-electron chi connectivity index (χ3n) is 2.79. The van der Waals surface area contributed by atoms with Crippen molar-refractivity contribution >= 4 is 0 Å². The van der Waals surface area contributed by atoms with E-state index in [0.29, 0.717) is 12.2 Å². The van der Waals surface area contributed by atoms with Crippen LogP contribution in [0.5, 0.6) is 0 Å². The van der Waals surface area contributed by atoms with Gasteiger partial charge in [-0.25, -0.2) is 0 Å². The van der Waals surface area contributed by atoms with Crippen molar-refractivity contribution < 1.29 is 0 Å². The van der Waals surface area contributed by atoms with Gasteiger partial charge in [-0.2, -0.15) is 0 Å². The average Bonchev–Trinajstić information content (AvgIpc) is 2.06. The molecule has 0 aromatic heterocycles. The van der Waals surface area contributed by atoms with Crippen molar-refractivity contribution in [3.05, 3.63) is 12.3 Å².